The highest BCUT2D eigenvalue weighted by molar-refractivity contribution is 6.33. The lowest BCUT2D eigenvalue weighted by atomic mass is 10.1. The fraction of sp³-hybridized carbons (Fsp3) is 0.462. The molecule has 98 valence electrons. The van der Waals surface area contributed by atoms with Crippen LogP contribution in [0.1, 0.15) is 18.4 Å². The molecule has 0 spiro atoms. The molecule has 1 saturated carbocycles. The topological polar surface area (TPSA) is 52.6 Å². The molecule has 2 rings (SSSR count). The van der Waals surface area contributed by atoms with Crippen molar-refractivity contribution in [3.63, 3.8) is 0 Å². The molecule has 1 fully saturated rings. The normalized spacial score (nSPS) is 14.4. The molecule has 0 aromatic heterocycles. The predicted molar refractivity (Wildman–Crippen MR) is 71.8 cm³/mol. The number of halogens is 1. The summed E-state index contributed by atoms with van der Waals surface area (Å²) in [5.74, 6) is -0.0104. The Balaban J connectivity index is 2.07. The summed E-state index contributed by atoms with van der Waals surface area (Å²) in [6.45, 7) is 0.151. The van der Waals surface area contributed by atoms with E-state index in [-0.39, 0.29) is 19.1 Å². The molecule has 18 heavy (non-hydrogen) atoms. The first kappa shape index (κ1) is 13.2. The molecule has 0 heterocycles. The fourth-order valence-corrected chi connectivity index (χ4v) is 2.25. The first-order chi connectivity index (χ1) is 8.61. The highest BCUT2D eigenvalue weighted by Gasteiger charge is 2.24. The molecule has 0 aliphatic heterocycles. The molecule has 0 unspecified atom stereocenters. The van der Waals surface area contributed by atoms with E-state index >= 15 is 0 Å². The van der Waals surface area contributed by atoms with Gasteiger partial charge in [-0.1, -0.05) is 23.7 Å². The fourth-order valence-electron chi connectivity index (χ4n) is 1.91. The van der Waals surface area contributed by atoms with Gasteiger partial charge >= 0.3 is 0 Å². The number of amides is 1. The number of hydrogen-bond acceptors (Lipinski definition) is 3. The van der Waals surface area contributed by atoms with Crippen LogP contribution in [0.2, 0.25) is 5.02 Å². The minimum Gasteiger partial charge on any atom is -0.392 e. The smallest absolute Gasteiger partial charge is 0.239 e. The molecular weight excluding hydrogens is 252 g/mol. The Kier molecular flexibility index (Phi) is 4.09. The molecule has 1 amide bonds. The predicted octanol–water partition coefficient (Wildman–Crippen LogP) is 1.55. The van der Waals surface area contributed by atoms with Gasteiger partial charge in [-0.05, 0) is 18.9 Å². The summed E-state index contributed by atoms with van der Waals surface area (Å²) in [5.41, 5.74) is 1.44. The van der Waals surface area contributed by atoms with Crippen molar-refractivity contribution in [2.45, 2.75) is 25.5 Å². The number of aliphatic hydroxyl groups is 1. The summed E-state index contributed by atoms with van der Waals surface area (Å²) in [6, 6.07) is 5.70. The summed E-state index contributed by atoms with van der Waals surface area (Å²) < 4.78 is 0. The number of para-hydroxylation sites is 1. The minimum atomic E-state index is -0.0928. The van der Waals surface area contributed by atoms with E-state index in [1.54, 1.807) is 30.1 Å². The third-order valence-corrected chi connectivity index (χ3v) is 3.25. The molecule has 0 atom stereocenters. The maximum absolute atomic E-state index is 11.7. The molecule has 0 bridgehead atoms. The maximum atomic E-state index is 11.7. The van der Waals surface area contributed by atoms with E-state index in [4.69, 9.17) is 11.6 Å². The van der Waals surface area contributed by atoms with Gasteiger partial charge in [-0.3, -0.25) is 4.79 Å². The number of nitrogens with zero attached hydrogens (tertiary/aromatic N) is 1. The maximum Gasteiger partial charge on any atom is 0.239 e. The van der Waals surface area contributed by atoms with Crippen molar-refractivity contribution in [3.05, 3.63) is 28.8 Å². The summed E-state index contributed by atoms with van der Waals surface area (Å²) in [7, 11) is 1.80. The molecule has 1 aromatic rings. The van der Waals surface area contributed by atoms with Gasteiger partial charge in [-0.25, -0.2) is 0 Å². The summed E-state index contributed by atoms with van der Waals surface area (Å²) in [4.78, 5) is 13.5. The van der Waals surface area contributed by atoms with E-state index in [0.717, 1.165) is 18.4 Å². The van der Waals surface area contributed by atoms with Crippen molar-refractivity contribution in [1.29, 1.82) is 0 Å². The molecule has 4 nitrogen and oxygen atoms in total. The van der Waals surface area contributed by atoms with Crippen LogP contribution in [0.4, 0.5) is 5.69 Å². The molecule has 1 aromatic carbocycles. The summed E-state index contributed by atoms with van der Waals surface area (Å²) in [5, 5.41) is 12.8. The number of likely N-dealkylation sites (N-methyl/N-ethyl adjacent to an activating group) is 1. The van der Waals surface area contributed by atoms with Gasteiger partial charge in [-0.2, -0.15) is 0 Å². The highest BCUT2D eigenvalue weighted by Crippen LogP contribution is 2.29. The van der Waals surface area contributed by atoms with E-state index in [2.05, 4.69) is 5.32 Å². The third kappa shape index (κ3) is 3.15. The Hall–Kier alpha value is -1.26. The standard InChI is InChI=1S/C13H17ClN2O2/c1-16(7-12(18)15-10-5-6-10)13-9(8-17)3-2-4-11(13)14/h2-4,10,17H,5-8H2,1H3,(H,15,18). The highest BCUT2D eigenvalue weighted by atomic mass is 35.5. The van der Waals surface area contributed by atoms with Crippen molar-refractivity contribution >= 4 is 23.2 Å². The van der Waals surface area contributed by atoms with Crippen LogP contribution in [-0.4, -0.2) is 30.6 Å². The van der Waals surface area contributed by atoms with Gasteiger partial charge < -0.3 is 15.3 Å². The van der Waals surface area contributed by atoms with Gasteiger partial charge in [0, 0.05) is 18.7 Å². The number of nitrogens with one attached hydrogen (secondary N) is 1. The molecule has 0 radical (unpaired) electrons. The van der Waals surface area contributed by atoms with Crippen LogP contribution >= 0.6 is 11.6 Å². The zero-order chi connectivity index (χ0) is 13.1. The minimum absolute atomic E-state index is 0.0104. The second-order valence-corrected chi connectivity index (χ2v) is 5.01. The first-order valence-corrected chi connectivity index (χ1v) is 6.38. The van der Waals surface area contributed by atoms with E-state index < -0.39 is 0 Å². The lowest BCUT2D eigenvalue weighted by molar-refractivity contribution is -0.119. The molecule has 2 N–H and O–H groups in total. The lowest BCUT2D eigenvalue weighted by Gasteiger charge is -2.22. The quantitative estimate of drug-likeness (QED) is 0.852. The van der Waals surface area contributed by atoms with Crippen molar-refractivity contribution < 1.29 is 9.90 Å². The number of anilines is 1. The Morgan fingerprint density at radius 3 is 2.89 bits per heavy atom. The van der Waals surface area contributed by atoms with Crippen LogP contribution in [0.3, 0.4) is 0 Å². The van der Waals surface area contributed by atoms with Crippen molar-refractivity contribution in [1.82, 2.24) is 5.32 Å². The van der Waals surface area contributed by atoms with Crippen LogP contribution in [0.25, 0.3) is 0 Å². The first-order valence-electron chi connectivity index (χ1n) is 6.00. The summed E-state index contributed by atoms with van der Waals surface area (Å²) >= 11 is 6.12. The Morgan fingerprint density at radius 2 is 2.28 bits per heavy atom. The SMILES string of the molecule is CN(CC(=O)NC1CC1)c1c(Cl)cccc1CO. The van der Waals surface area contributed by atoms with Crippen LogP contribution in [0.15, 0.2) is 18.2 Å². The Labute approximate surface area is 112 Å². The number of benzene rings is 1. The number of carbonyl (C=O) groups is 1. The van der Waals surface area contributed by atoms with Gasteiger partial charge in [0.1, 0.15) is 0 Å². The molecule has 1 aliphatic rings. The average molecular weight is 269 g/mol. The molecule has 5 heteroatoms. The van der Waals surface area contributed by atoms with Crippen LogP contribution in [0.5, 0.6) is 0 Å². The van der Waals surface area contributed by atoms with Crippen LogP contribution < -0.4 is 10.2 Å². The van der Waals surface area contributed by atoms with Crippen LogP contribution in [-0.2, 0) is 11.4 Å². The largest absolute Gasteiger partial charge is 0.392 e. The van der Waals surface area contributed by atoms with E-state index in [1.807, 2.05) is 0 Å². The van der Waals surface area contributed by atoms with Gasteiger partial charge in [0.05, 0.1) is 23.9 Å². The molecular formula is C13H17ClN2O2. The number of aliphatic hydroxyl groups excluding tert-OH is 1. The van der Waals surface area contributed by atoms with Crippen LogP contribution in [0, 0.1) is 0 Å². The Bertz CT molecular complexity index is 447. The van der Waals surface area contributed by atoms with E-state index in [9.17, 15) is 9.90 Å². The van der Waals surface area contributed by atoms with Crippen molar-refractivity contribution in [3.8, 4) is 0 Å². The van der Waals surface area contributed by atoms with E-state index in [0.29, 0.717) is 16.8 Å². The van der Waals surface area contributed by atoms with Gasteiger partial charge in [0.25, 0.3) is 0 Å². The lowest BCUT2D eigenvalue weighted by Crippen LogP contribution is -2.36. The van der Waals surface area contributed by atoms with Gasteiger partial charge in [0.2, 0.25) is 5.91 Å². The zero-order valence-corrected chi connectivity index (χ0v) is 11.1. The monoisotopic (exact) mass is 268 g/mol. The second-order valence-electron chi connectivity index (χ2n) is 4.60. The number of hydrogen-bond donors (Lipinski definition) is 2. The van der Waals surface area contributed by atoms with Gasteiger partial charge in [0.15, 0.2) is 0 Å². The molecule has 0 saturated heterocycles. The second kappa shape index (κ2) is 5.59. The summed E-state index contributed by atoms with van der Waals surface area (Å²) in [6.07, 6.45) is 2.15. The van der Waals surface area contributed by atoms with Gasteiger partial charge in [-0.15, -0.1) is 0 Å². The number of rotatable bonds is 5. The Morgan fingerprint density at radius 1 is 1.56 bits per heavy atom. The average Bonchev–Trinajstić information content (AvgIpc) is 3.11. The zero-order valence-electron chi connectivity index (χ0n) is 10.3. The van der Waals surface area contributed by atoms with Crippen molar-refractivity contribution in [2.75, 3.05) is 18.5 Å². The van der Waals surface area contributed by atoms with Crippen molar-refractivity contribution in [2.24, 2.45) is 0 Å². The van der Waals surface area contributed by atoms with E-state index in [1.165, 1.54) is 0 Å². The number of carbonyl (C=O) groups excluding carboxylic acids is 1. The molecule has 1 aliphatic carbocycles. The third-order valence-electron chi connectivity index (χ3n) is 2.95.